The lowest BCUT2D eigenvalue weighted by Gasteiger charge is -2.28. The molecule has 0 unspecified atom stereocenters. The van der Waals surface area contributed by atoms with E-state index in [4.69, 9.17) is 18.9 Å². The van der Waals surface area contributed by atoms with Crippen molar-refractivity contribution in [1.29, 1.82) is 0 Å². The molecule has 0 saturated heterocycles. The molecule has 21 heavy (non-hydrogen) atoms. The third kappa shape index (κ3) is 4.82. The van der Waals surface area contributed by atoms with Gasteiger partial charge in [0.1, 0.15) is 12.5 Å². The fraction of sp³-hybridized carbons (Fsp3) is 0.500. The van der Waals surface area contributed by atoms with Crippen LogP contribution in [-0.2, 0) is 20.8 Å². The molecule has 0 spiro atoms. The van der Waals surface area contributed by atoms with Crippen molar-refractivity contribution in [2.45, 2.75) is 31.3 Å². The summed E-state index contributed by atoms with van der Waals surface area (Å²) in [5.74, 6) is 0.826. The van der Waals surface area contributed by atoms with Gasteiger partial charge in [0.15, 0.2) is 0 Å². The Balaban J connectivity index is 1.83. The van der Waals surface area contributed by atoms with Crippen molar-refractivity contribution in [1.82, 2.24) is 0 Å². The van der Waals surface area contributed by atoms with Crippen molar-refractivity contribution in [2.24, 2.45) is 0 Å². The molecular formula is C16H22O5. The first kappa shape index (κ1) is 16.0. The number of aliphatic hydroxyl groups is 1. The molecular weight excluding hydrogens is 272 g/mol. The van der Waals surface area contributed by atoms with Gasteiger partial charge >= 0.3 is 0 Å². The first-order valence-electron chi connectivity index (χ1n) is 6.94. The molecule has 0 saturated carbocycles. The average molecular weight is 294 g/mol. The summed E-state index contributed by atoms with van der Waals surface area (Å²) in [5.41, 5.74) is 1.07. The summed E-state index contributed by atoms with van der Waals surface area (Å²) in [6.45, 7) is 0.673. The minimum Gasteiger partial charge on any atom is -0.497 e. The molecule has 5 nitrogen and oxygen atoms in total. The van der Waals surface area contributed by atoms with E-state index in [1.54, 1.807) is 20.3 Å². The number of benzene rings is 1. The van der Waals surface area contributed by atoms with Crippen molar-refractivity contribution in [3.8, 4) is 5.75 Å². The maximum Gasteiger partial charge on any atom is 0.146 e. The molecule has 1 N–H and O–H groups in total. The molecule has 0 fully saturated rings. The quantitative estimate of drug-likeness (QED) is 0.615. The molecule has 1 aromatic rings. The van der Waals surface area contributed by atoms with E-state index in [2.05, 4.69) is 0 Å². The van der Waals surface area contributed by atoms with Gasteiger partial charge in [-0.2, -0.15) is 0 Å². The van der Waals surface area contributed by atoms with Crippen LogP contribution in [0, 0.1) is 0 Å². The molecule has 0 amide bonds. The van der Waals surface area contributed by atoms with Crippen LogP contribution in [0.25, 0.3) is 0 Å². The Bertz CT molecular complexity index is 442. The highest BCUT2D eigenvalue weighted by Crippen LogP contribution is 2.20. The topological polar surface area (TPSA) is 57.2 Å². The normalized spacial score (nSPS) is 25.0. The molecule has 0 aliphatic heterocycles. The number of hydrogen-bond acceptors (Lipinski definition) is 5. The Hall–Kier alpha value is -1.40. The van der Waals surface area contributed by atoms with Crippen molar-refractivity contribution in [3.63, 3.8) is 0 Å². The molecule has 1 aromatic carbocycles. The highest BCUT2D eigenvalue weighted by atomic mass is 16.7. The Morgan fingerprint density at radius 3 is 2.52 bits per heavy atom. The van der Waals surface area contributed by atoms with E-state index in [0.717, 1.165) is 11.3 Å². The largest absolute Gasteiger partial charge is 0.497 e. The number of rotatable bonds is 7. The van der Waals surface area contributed by atoms with E-state index in [9.17, 15) is 5.11 Å². The monoisotopic (exact) mass is 294 g/mol. The third-order valence-corrected chi connectivity index (χ3v) is 3.39. The van der Waals surface area contributed by atoms with Crippen LogP contribution < -0.4 is 4.74 Å². The van der Waals surface area contributed by atoms with Crippen molar-refractivity contribution < 1.29 is 24.1 Å². The molecule has 0 aromatic heterocycles. The van der Waals surface area contributed by atoms with Crippen LogP contribution in [-0.4, -0.2) is 44.4 Å². The van der Waals surface area contributed by atoms with Crippen molar-refractivity contribution >= 4 is 0 Å². The second-order valence-corrected chi connectivity index (χ2v) is 4.92. The summed E-state index contributed by atoms with van der Waals surface area (Å²) >= 11 is 0. The van der Waals surface area contributed by atoms with Crippen LogP contribution in [0.3, 0.4) is 0 Å². The fourth-order valence-corrected chi connectivity index (χ4v) is 2.18. The van der Waals surface area contributed by atoms with Crippen molar-refractivity contribution in [3.05, 3.63) is 42.0 Å². The fourth-order valence-electron chi connectivity index (χ4n) is 2.18. The van der Waals surface area contributed by atoms with E-state index in [-0.39, 0.29) is 19.0 Å². The third-order valence-electron chi connectivity index (χ3n) is 3.39. The molecule has 2 rings (SSSR count). The lowest BCUT2D eigenvalue weighted by Crippen LogP contribution is -2.36. The van der Waals surface area contributed by atoms with Gasteiger partial charge < -0.3 is 24.1 Å². The molecule has 1 aliphatic carbocycles. The van der Waals surface area contributed by atoms with Crippen LogP contribution >= 0.6 is 0 Å². The molecule has 116 valence electrons. The summed E-state index contributed by atoms with van der Waals surface area (Å²) in [7, 11) is 3.20. The first-order chi connectivity index (χ1) is 10.2. The molecule has 0 radical (unpaired) electrons. The predicted octanol–water partition coefficient (Wildman–Crippen LogP) is 1.89. The molecule has 5 heteroatoms. The van der Waals surface area contributed by atoms with Crippen LogP contribution in [0.1, 0.15) is 12.0 Å². The van der Waals surface area contributed by atoms with Crippen LogP contribution in [0.2, 0.25) is 0 Å². The van der Waals surface area contributed by atoms with Crippen molar-refractivity contribution in [2.75, 3.05) is 21.0 Å². The van der Waals surface area contributed by atoms with Crippen LogP contribution in [0.4, 0.5) is 0 Å². The Morgan fingerprint density at radius 2 is 1.86 bits per heavy atom. The van der Waals surface area contributed by atoms with Gasteiger partial charge in [-0.15, -0.1) is 0 Å². The van der Waals surface area contributed by atoms with E-state index in [0.29, 0.717) is 13.0 Å². The van der Waals surface area contributed by atoms with E-state index in [1.165, 1.54) is 0 Å². The average Bonchev–Trinajstić information content (AvgIpc) is 2.53. The zero-order chi connectivity index (χ0) is 15.1. The first-order valence-corrected chi connectivity index (χ1v) is 6.94. The summed E-state index contributed by atoms with van der Waals surface area (Å²) in [5, 5.41) is 9.82. The minimum atomic E-state index is -0.610. The SMILES string of the molecule is COCO[C@@H]1C[C@H](OCc2ccc(OC)cc2)C=C[C@@H]1O. The number of hydrogen-bond donors (Lipinski definition) is 1. The maximum atomic E-state index is 9.82. The van der Waals surface area contributed by atoms with Gasteiger partial charge in [-0.05, 0) is 17.7 Å². The summed E-state index contributed by atoms with van der Waals surface area (Å²) < 4.78 is 21.3. The Labute approximate surface area is 125 Å². The smallest absolute Gasteiger partial charge is 0.146 e. The minimum absolute atomic E-state index is 0.0719. The molecule has 3 atom stereocenters. The highest BCUT2D eigenvalue weighted by molar-refractivity contribution is 5.26. The van der Waals surface area contributed by atoms with Gasteiger partial charge in [0.05, 0.1) is 32.0 Å². The lowest BCUT2D eigenvalue weighted by atomic mass is 9.99. The summed E-state index contributed by atoms with van der Waals surface area (Å²) in [6, 6.07) is 7.76. The maximum absolute atomic E-state index is 9.82. The van der Waals surface area contributed by atoms with Gasteiger partial charge in [0.25, 0.3) is 0 Å². The standard InChI is InChI=1S/C16H22O5/c1-18-11-21-16-9-14(7-8-15(16)17)20-10-12-3-5-13(19-2)6-4-12/h3-8,14-17H,9-11H2,1-2H3/t14-,15+,16-/m1/s1. The number of methoxy groups -OCH3 is 2. The van der Waals surface area contributed by atoms with Crippen LogP contribution in [0.5, 0.6) is 5.75 Å². The molecule has 0 bridgehead atoms. The Morgan fingerprint density at radius 1 is 1.10 bits per heavy atom. The zero-order valence-electron chi connectivity index (χ0n) is 12.4. The lowest BCUT2D eigenvalue weighted by molar-refractivity contribution is -0.120. The van der Waals surface area contributed by atoms with E-state index in [1.807, 2.05) is 30.3 Å². The molecule has 0 heterocycles. The van der Waals surface area contributed by atoms with E-state index < -0.39 is 6.10 Å². The summed E-state index contributed by atoms with van der Waals surface area (Å²) in [6.07, 6.45) is 3.22. The van der Waals surface area contributed by atoms with Gasteiger partial charge in [-0.1, -0.05) is 24.3 Å². The second kappa shape index (κ2) is 8.14. The Kier molecular flexibility index (Phi) is 6.20. The zero-order valence-corrected chi connectivity index (χ0v) is 12.4. The van der Waals surface area contributed by atoms with Gasteiger partial charge in [0, 0.05) is 13.5 Å². The van der Waals surface area contributed by atoms with Gasteiger partial charge in [-0.25, -0.2) is 0 Å². The highest BCUT2D eigenvalue weighted by Gasteiger charge is 2.26. The predicted molar refractivity (Wildman–Crippen MR) is 78.1 cm³/mol. The second-order valence-electron chi connectivity index (χ2n) is 4.92. The number of ether oxygens (including phenoxy) is 4. The van der Waals surface area contributed by atoms with Gasteiger partial charge in [-0.3, -0.25) is 0 Å². The molecule has 1 aliphatic rings. The van der Waals surface area contributed by atoms with Gasteiger partial charge in [0.2, 0.25) is 0 Å². The van der Waals surface area contributed by atoms with Crippen LogP contribution in [0.15, 0.2) is 36.4 Å². The van der Waals surface area contributed by atoms with E-state index >= 15 is 0 Å². The number of aliphatic hydroxyl groups excluding tert-OH is 1. The summed E-state index contributed by atoms with van der Waals surface area (Å²) in [4.78, 5) is 0.